The molecule has 2 aromatic heterocycles. The van der Waals surface area contributed by atoms with Crippen LogP contribution in [0.25, 0.3) is 11.0 Å². The summed E-state index contributed by atoms with van der Waals surface area (Å²) in [7, 11) is -3.78. The van der Waals surface area contributed by atoms with Crippen molar-refractivity contribution in [1.29, 1.82) is 0 Å². The Hall–Kier alpha value is -2.41. The molecule has 2 heterocycles. The first-order valence-electron chi connectivity index (χ1n) is 7.29. The second kappa shape index (κ2) is 6.37. The third-order valence-corrected chi connectivity index (χ3v) is 4.99. The van der Waals surface area contributed by atoms with E-state index in [0.29, 0.717) is 5.56 Å². The van der Waals surface area contributed by atoms with Gasteiger partial charge < -0.3 is 4.98 Å². The lowest BCUT2D eigenvalue weighted by Crippen LogP contribution is -2.14. The fourth-order valence-corrected chi connectivity index (χ4v) is 3.59. The topological polar surface area (TPSA) is 84.8 Å². The van der Waals surface area contributed by atoms with Crippen LogP contribution in [0.1, 0.15) is 25.0 Å². The molecule has 3 rings (SSSR count). The number of aromatic amines is 1. The number of hydrogen-bond donors (Lipinski definition) is 1. The Labute approximate surface area is 134 Å². The van der Waals surface area contributed by atoms with Gasteiger partial charge in [0.1, 0.15) is 0 Å². The lowest BCUT2D eigenvalue weighted by molar-refractivity contribution is 0.588. The third kappa shape index (κ3) is 2.92. The first-order valence-corrected chi connectivity index (χ1v) is 8.73. The van der Waals surface area contributed by atoms with E-state index in [1.807, 2.05) is 20.8 Å². The Kier molecular flexibility index (Phi) is 4.70. The highest BCUT2D eigenvalue weighted by molar-refractivity contribution is 7.90. The molecule has 0 bridgehead atoms. The fourth-order valence-electron chi connectivity index (χ4n) is 2.22. The van der Waals surface area contributed by atoms with Crippen LogP contribution in [0.15, 0.2) is 46.5 Å². The highest BCUT2D eigenvalue weighted by atomic mass is 32.2. The van der Waals surface area contributed by atoms with E-state index in [9.17, 15) is 13.2 Å². The molecule has 3 aromatic rings. The molecule has 122 valence electrons. The molecule has 7 heteroatoms. The monoisotopic (exact) mass is 333 g/mol. The van der Waals surface area contributed by atoms with Crippen molar-refractivity contribution in [2.24, 2.45) is 0 Å². The van der Waals surface area contributed by atoms with Gasteiger partial charge in [0.15, 0.2) is 5.65 Å². The summed E-state index contributed by atoms with van der Waals surface area (Å²) in [5.41, 5.74) is 1.32. The Balaban J connectivity index is 0.000000924. The molecule has 0 fully saturated rings. The Morgan fingerprint density at radius 3 is 2.30 bits per heavy atom. The summed E-state index contributed by atoms with van der Waals surface area (Å²) in [6.45, 7) is 7.56. The maximum absolute atomic E-state index is 12.7. The van der Waals surface area contributed by atoms with Gasteiger partial charge in [0.2, 0.25) is 0 Å². The highest BCUT2D eigenvalue weighted by Gasteiger charge is 2.22. The minimum Gasteiger partial charge on any atom is -0.312 e. The molecule has 0 atom stereocenters. The van der Waals surface area contributed by atoms with Gasteiger partial charge in [-0.25, -0.2) is 17.4 Å². The second-order valence-electron chi connectivity index (χ2n) is 4.86. The van der Waals surface area contributed by atoms with Crippen molar-refractivity contribution in [2.45, 2.75) is 32.6 Å². The number of H-pyrrole nitrogens is 1. The van der Waals surface area contributed by atoms with Crippen LogP contribution < -0.4 is 5.56 Å². The van der Waals surface area contributed by atoms with Crippen molar-refractivity contribution in [3.05, 3.63) is 58.3 Å². The molecule has 6 nitrogen and oxygen atoms in total. The summed E-state index contributed by atoms with van der Waals surface area (Å²) in [5.74, 6) is 0. The van der Waals surface area contributed by atoms with Crippen LogP contribution >= 0.6 is 0 Å². The van der Waals surface area contributed by atoms with Crippen LogP contribution in [-0.4, -0.2) is 22.4 Å². The fraction of sp³-hybridized carbons (Fsp3) is 0.250. The molecule has 0 saturated heterocycles. The summed E-state index contributed by atoms with van der Waals surface area (Å²) < 4.78 is 26.4. The van der Waals surface area contributed by atoms with Gasteiger partial charge in [0.05, 0.1) is 16.6 Å². The molecule has 0 radical (unpaired) electrons. The normalized spacial score (nSPS) is 11.1. The number of hydrogen-bond acceptors (Lipinski definition) is 4. The van der Waals surface area contributed by atoms with Crippen molar-refractivity contribution in [1.82, 2.24) is 13.9 Å². The van der Waals surface area contributed by atoms with Crippen molar-refractivity contribution in [3.63, 3.8) is 0 Å². The van der Waals surface area contributed by atoms with Gasteiger partial charge in [-0.1, -0.05) is 31.5 Å². The summed E-state index contributed by atoms with van der Waals surface area (Å²) in [6.07, 6.45) is 2.62. The van der Waals surface area contributed by atoms with E-state index < -0.39 is 10.0 Å². The molecule has 0 aliphatic carbocycles. The third-order valence-electron chi connectivity index (χ3n) is 3.32. The molecule has 1 N–H and O–H groups in total. The van der Waals surface area contributed by atoms with E-state index >= 15 is 0 Å². The molecule has 0 spiro atoms. The zero-order valence-corrected chi connectivity index (χ0v) is 14.3. The van der Waals surface area contributed by atoms with Gasteiger partial charge in [0, 0.05) is 6.20 Å². The highest BCUT2D eigenvalue weighted by Crippen LogP contribution is 2.21. The molecule has 23 heavy (non-hydrogen) atoms. The molecule has 0 unspecified atom stereocenters. The Bertz CT molecular complexity index is 984. The Morgan fingerprint density at radius 2 is 1.70 bits per heavy atom. The van der Waals surface area contributed by atoms with E-state index in [2.05, 4.69) is 9.97 Å². The number of aryl methyl sites for hydroxylation is 2. The molecular weight excluding hydrogens is 314 g/mol. The second-order valence-corrected chi connectivity index (χ2v) is 6.67. The summed E-state index contributed by atoms with van der Waals surface area (Å²) >= 11 is 0. The average Bonchev–Trinajstić information content (AvgIpc) is 2.89. The first kappa shape index (κ1) is 17.0. The van der Waals surface area contributed by atoms with Gasteiger partial charge in [-0.05, 0) is 31.5 Å². The van der Waals surface area contributed by atoms with E-state index in [1.165, 1.54) is 12.5 Å². The molecule has 0 aliphatic heterocycles. The van der Waals surface area contributed by atoms with E-state index in [4.69, 9.17) is 0 Å². The van der Waals surface area contributed by atoms with Gasteiger partial charge in [-0.2, -0.15) is 0 Å². The first-order chi connectivity index (χ1) is 10.9. The van der Waals surface area contributed by atoms with Crippen LogP contribution in [0.4, 0.5) is 0 Å². The van der Waals surface area contributed by atoms with Crippen molar-refractivity contribution < 1.29 is 8.42 Å². The standard InChI is InChI=1S/C14H13N3O3S.C2H6/c1-9-3-5-11(6-4-9)21(19,20)17-7-10(2)12-13(17)15-8-16-14(12)18;1-2/h3-8H,1-2H3,(H,15,16,18);1-2H3. The predicted molar refractivity (Wildman–Crippen MR) is 90.2 cm³/mol. The maximum atomic E-state index is 12.7. The largest absolute Gasteiger partial charge is 0.312 e. The van der Waals surface area contributed by atoms with Crippen LogP contribution in [0.3, 0.4) is 0 Å². The number of nitrogens with zero attached hydrogens (tertiary/aromatic N) is 2. The number of fused-ring (bicyclic) bond motifs is 1. The van der Waals surface area contributed by atoms with Crippen molar-refractivity contribution in [2.75, 3.05) is 0 Å². The lowest BCUT2D eigenvalue weighted by Gasteiger charge is -2.06. The van der Waals surface area contributed by atoms with Crippen molar-refractivity contribution >= 4 is 21.1 Å². The molecule has 1 aromatic carbocycles. The van der Waals surface area contributed by atoms with Gasteiger partial charge in [-0.15, -0.1) is 0 Å². The molecule has 0 saturated carbocycles. The zero-order valence-electron chi connectivity index (χ0n) is 13.5. The zero-order chi connectivity index (χ0) is 17.2. The smallest absolute Gasteiger partial charge is 0.269 e. The van der Waals surface area contributed by atoms with E-state index in [1.54, 1.807) is 31.2 Å². The van der Waals surface area contributed by atoms with Gasteiger partial charge in [-0.3, -0.25) is 4.79 Å². The van der Waals surface area contributed by atoms with Gasteiger partial charge >= 0.3 is 0 Å². The van der Waals surface area contributed by atoms with Crippen molar-refractivity contribution in [3.8, 4) is 0 Å². The van der Waals surface area contributed by atoms with Gasteiger partial charge in [0.25, 0.3) is 15.6 Å². The molecule has 0 amide bonds. The maximum Gasteiger partial charge on any atom is 0.269 e. The predicted octanol–water partition coefficient (Wildman–Crippen LogP) is 2.60. The number of aromatic nitrogens is 3. The SMILES string of the molecule is CC.Cc1ccc(S(=O)(=O)n2cc(C)c3c(=O)[nH]cnc32)cc1. The quantitative estimate of drug-likeness (QED) is 0.781. The summed E-state index contributed by atoms with van der Waals surface area (Å²) in [5, 5.41) is 0.285. The lowest BCUT2D eigenvalue weighted by atomic mass is 10.2. The molecular formula is C16H19N3O3S. The minimum atomic E-state index is -3.78. The number of rotatable bonds is 2. The Morgan fingerprint density at radius 1 is 1.09 bits per heavy atom. The molecule has 0 aliphatic rings. The van der Waals surface area contributed by atoms with Crippen LogP contribution in [-0.2, 0) is 10.0 Å². The average molecular weight is 333 g/mol. The number of benzene rings is 1. The van der Waals surface area contributed by atoms with Crippen LogP contribution in [0, 0.1) is 13.8 Å². The van der Waals surface area contributed by atoms with E-state index in [-0.39, 0.29) is 21.5 Å². The van der Waals surface area contributed by atoms with E-state index in [0.717, 1.165) is 9.54 Å². The number of nitrogens with one attached hydrogen (secondary N) is 1. The summed E-state index contributed by atoms with van der Waals surface area (Å²) in [4.78, 5) is 18.4. The van der Waals surface area contributed by atoms with Crippen LogP contribution in [0.2, 0.25) is 0 Å². The minimum absolute atomic E-state index is 0.136. The van der Waals surface area contributed by atoms with Crippen LogP contribution in [0.5, 0.6) is 0 Å². The summed E-state index contributed by atoms with van der Waals surface area (Å²) in [6, 6.07) is 6.54.